The highest BCUT2D eigenvalue weighted by molar-refractivity contribution is 6.33. The van der Waals surface area contributed by atoms with Crippen molar-refractivity contribution < 1.29 is 5.11 Å². The molecule has 98 valence electrons. The third kappa shape index (κ3) is 2.11. The maximum atomic E-state index is 9.52. The molecule has 0 amide bonds. The summed E-state index contributed by atoms with van der Waals surface area (Å²) in [6.07, 6.45) is 3.55. The van der Waals surface area contributed by atoms with Crippen molar-refractivity contribution in [2.24, 2.45) is 0 Å². The molecule has 3 N–H and O–H groups in total. The Morgan fingerprint density at radius 3 is 2.83 bits per heavy atom. The zero-order valence-corrected chi connectivity index (χ0v) is 11.0. The number of halogens is 2. The fourth-order valence-corrected chi connectivity index (χ4v) is 2.56. The summed E-state index contributed by atoms with van der Waals surface area (Å²) >= 11 is 6.07. The van der Waals surface area contributed by atoms with Crippen LogP contribution in [0.4, 0.5) is 0 Å². The molecule has 0 saturated heterocycles. The molecule has 0 aromatic carbocycles. The molecule has 1 aliphatic rings. The molecule has 2 aromatic heterocycles. The van der Waals surface area contributed by atoms with E-state index in [1.54, 1.807) is 0 Å². The summed E-state index contributed by atoms with van der Waals surface area (Å²) in [5, 5.41) is 9.83. The summed E-state index contributed by atoms with van der Waals surface area (Å²) < 4.78 is 1.31. The molecular formula is C10H13Cl2N5O. The van der Waals surface area contributed by atoms with Crippen molar-refractivity contribution >= 4 is 35.2 Å². The van der Waals surface area contributed by atoms with Gasteiger partial charge in [0.1, 0.15) is 17.7 Å². The molecule has 2 heterocycles. The molecule has 1 aliphatic carbocycles. The number of aliphatic hydroxyl groups excluding tert-OH is 1. The van der Waals surface area contributed by atoms with Gasteiger partial charge in [0.2, 0.25) is 0 Å². The second-order valence-electron chi connectivity index (χ2n) is 4.36. The van der Waals surface area contributed by atoms with Gasteiger partial charge in [-0.3, -0.25) is 0 Å². The van der Waals surface area contributed by atoms with E-state index in [1.165, 1.54) is 11.0 Å². The summed E-state index contributed by atoms with van der Waals surface area (Å²) in [5.74, 6) is 6.46. The highest BCUT2D eigenvalue weighted by Gasteiger charge is 2.27. The van der Waals surface area contributed by atoms with E-state index in [0.29, 0.717) is 28.6 Å². The molecule has 8 heteroatoms. The van der Waals surface area contributed by atoms with Gasteiger partial charge in [0.15, 0.2) is 10.8 Å². The van der Waals surface area contributed by atoms with Crippen molar-refractivity contribution in [2.45, 2.75) is 31.3 Å². The minimum Gasteiger partial charge on any atom is -0.393 e. The number of aliphatic hydroxyl groups is 1. The maximum absolute atomic E-state index is 9.52. The minimum atomic E-state index is -0.259. The van der Waals surface area contributed by atoms with Crippen LogP contribution in [0.1, 0.15) is 31.0 Å². The van der Waals surface area contributed by atoms with Gasteiger partial charge < -0.3 is 10.9 Å². The molecule has 2 atom stereocenters. The van der Waals surface area contributed by atoms with Gasteiger partial charge in [0.25, 0.3) is 0 Å². The summed E-state index contributed by atoms with van der Waals surface area (Å²) in [5.41, 5.74) is 1.04. The van der Waals surface area contributed by atoms with Crippen LogP contribution in [0.3, 0.4) is 0 Å². The molecule has 0 spiro atoms. The number of rotatable bonds is 1. The van der Waals surface area contributed by atoms with Crippen molar-refractivity contribution in [3.05, 3.63) is 17.3 Å². The Bertz CT molecular complexity index is 573. The maximum Gasteiger partial charge on any atom is 0.184 e. The van der Waals surface area contributed by atoms with Crippen LogP contribution in [0.15, 0.2) is 6.33 Å². The van der Waals surface area contributed by atoms with Crippen LogP contribution in [0.2, 0.25) is 5.15 Å². The number of imidazole rings is 1. The third-order valence-electron chi connectivity index (χ3n) is 3.17. The first-order valence-electron chi connectivity index (χ1n) is 5.49. The molecule has 6 nitrogen and oxygen atoms in total. The van der Waals surface area contributed by atoms with Gasteiger partial charge in [-0.1, -0.05) is 11.6 Å². The van der Waals surface area contributed by atoms with E-state index >= 15 is 0 Å². The molecule has 1 fully saturated rings. The Morgan fingerprint density at radius 1 is 1.39 bits per heavy atom. The van der Waals surface area contributed by atoms with E-state index in [0.717, 1.165) is 12.8 Å². The highest BCUT2D eigenvalue weighted by atomic mass is 35.5. The Kier molecular flexibility index (Phi) is 3.61. The van der Waals surface area contributed by atoms with E-state index in [4.69, 9.17) is 17.4 Å². The Labute approximate surface area is 115 Å². The highest BCUT2D eigenvalue weighted by Crippen LogP contribution is 2.33. The van der Waals surface area contributed by atoms with E-state index in [2.05, 4.69) is 15.0 Å². The van der Waals surface area contributed by atoms with Gasteiger partial charge in [-0.15, -0.1) is 12.4 Å². The van der Waals surface area contributed by atoms with Crippen molar-refractivity contribution in [1.82, 2.24) is 19.6 Å². The van der Waals surface area contributed by atoms with Crippen LogP contribution in [0.25, 0.3) is 11.2 Å². The summed E-state index contributed by atoms with van der Waals surface area (Å²) in [7, 11) is 0. The third-order valence-corrected chi connectivity index (χ3v) is 3.44. The Balaban J connectivity index is 0.00000120. The predicted molar refractivity (Wildman–Crippen MR) is 70.3 cm³/mol. The molecule has 1 saturated carbocycles. The molecule has 0 unspecified atom stereocenters. The van der Waals surface area contributed by atoms with Crippen LogP contribution in [-0.2, 0) is 0 Å². The van der Waals surface area contributed by atoms with Crippen LogP contribution in [-0.4, -0.2) is 30.8 Å². The first-order valence-corrected chi connectivity index (χ1v) is 5.86. The molecule has 0 bridgehead atoms. The van der Waals surface area contributed by atoms with Gasteiger partial charge in [0, 0.05) is 5.92 Å². The molecule has 3 rings (SSSR count). The second-order valence-corrected chi connectivity index (χ2v) is 4.72. The van der Waals surface area contributed by atoms with Crippen LogP contribution >= 0.6 is 24.0 Å². The van der Waals surface area contributed by atoms with Gasteiger partial charge in [-0.05, 0) is 19.3 Å². The van der Waals surface area contributed by atoms with E-state index < -0.39 is 0 Å². The molecule has 0 aliphatic heterocycles. The first kappa shape index (κ1) is 13.3. The summed E-state index contributed by atoms with van der Waals surface area (Å²) in [6.45, 7) is 0. The molecular weight excluding hydrogens is 277 g/mol. The van der Waals surface area contributed by atoms with Crippen molar-refractivity contribution in [3.63, 3.8) is 0 Å². The van der Waals surface area contributed by atoms with E-state index in [1.807, 2.05) is 0 Å². The SMILES string of the molecule is Cl.Nn1cnc2nc([C@H]3CC[C@@H](O)C3)nc(Cl)c21. The Morgan fingerprint density at radius 2 is 2.17 bits per heavy atom. The summed E-state index contributed by atoms with van der Waals surface area (Å²) in [6, 6.07) is 0. The normalized spacial score (nSPS) is 23.2. The van der Waals surface area contributed by atoms with E-state index in [9.17, 15) is 5.11 Å². The van der Waals surface area contributed by atoms with Crippen LogP contribution < -0.4 is 5.84 Å². The quantitative estimate of drug-likeness (QED) is 0.609. The van der Waals surface area contributed by atoms with Crippen LogP contribution in [0.5, 0.6) is 0 Å². The largest absolute Gasteiger partial charge is 0.393 e. The minimum absolute atomic E-state index is 0. The van der Waals surface area contributed by atoms with Crippen LogP contribution in [0, 0.1) is 0 Å². The first-order chi connectivity index (χ1) is 8.15. The number of fused-ring (bicyclic) bond motifs is 1. The number of nitrogen functional groups attached to an aromatic ring is 1. The standard InChI is InChI=1S/C10H12ClN5O.ClH/c11-8-7-10(13-4-16(7)12)15-9(14-8)5-1-2-6(17)3-5;/h4-6,17H,1-3,12H2;1H/t5-,6+;/m0./s1. The fourth-order valence-electron chi connectivity index (χ4n) is 2.29. The van der Waals surface area contributed by atoms with Crippen molar-refractivity contribution in [2.75, 3.05) is 5.84 Å². The lowest BCUT2D eigenvalue weighted by atomic mass is 10.1. The number of nitrogens with zero attached hydrogens (tertiary/aromatic N) is 4. The number of aromatic nitrogens is 4. The van der Waals surface area contributed by atoms with Crippen molar-refractivity contribution in [1.29, 1.82) is 0 Å². The number of hydrogen-bond donors (Lipinski definition) is 2. The average Bonchev–Trinajstić information content (AvgIpc) is 2.86. The van der Waals surface area contributed by atoms with Gasteiger partial charge in [-0.2, -0.15) is 0 Å². The fraction of sp³-hybridized carbons (Fsp3) is 0.500. The predicted octanol–water partition coefficient (Wildman–Crippen LogP) is 1.24. The average molecular weight is 290 g/mol. The van der Waals surface area contributed by atoms with Gasteiger partial charge >= 0.3 is 0 Å². The lowest BCUT2D eigenvalue weighted by molar-refractivity contribution is 0.181. The lowest BCUT2D eigenvalue weighted by Gasteiger charge is -2.08. The van der Waals surface area contributed by atoms with E-state index in [-0.39, 0.29) is 24.4 Å². The monoisotopic (exact) mass is 289 g/mol. The zero-order chi connectivity index (χ0) is 12.0. The van der Waals surface area contributed by atoms with Crippen molar-refractivity contribution in [3.8, 4) is 0 Å². The van der Waals surface area contributed by atoms with Gasteiger partial charge in [-0.25, -0.2) is 19.6 Å². The molecule has 2 aromatic rings. The zero-order valence-electron chi connectivity index (χ0n) is 9.45. The molecule has 0 radical (unpaired) electrons. The number of hydrogen-bond acceptors (Lipinski definition) is 5. The number of nitrogens with two attached hydrogens (primary N) is 1. The molecule has 18 heavy (non-hydrogen) atoms. The smallest absolute Gasteiger partial charge is 0.184 e. The van der Waals surface area contributed by atoms with Gasteiger partial charge in [0.05, 0.1) is 6.10 Å². The lowest BCUT2D eigenvalue weighted by Crippen LogP contribution is -2.08. The summed E-state index contributed by atoms with van der Waals surface area (Å²) in [4.78, 5) is 12.7. The Hall–Kier alpha value is -1.11. The topological polar surface area (TPSA) is 89.9 Å². The second kappa shape index (κ2) is 4.87.